The van der Waals surface area contributed by atoms with Crippen molar-refractivity contribution in [2.75, 3.05) is 19.8 Å². The van der Waals surface area contributed by atoms with Gasteiger partial charge in [0.05, 0.1) is 0 Å². The largest absolute Gasteiger partial charge is 0.500 e. The van der Waals surface area contributed by atoms with Crippen LogP contribution in [-0.2, 0) is 24.5 Å². The zero-order chi connectivity index (χ0) is 23.4. The first-order valence-electron chi connectivity index (χ1n) is 11.1. The highest BCUT2D eigenvalue weighted by Gasteiger charge is 2.39. The number of carboxylic acid groups (broad SMARTS) is 1. The monoisotopic (exact) mass is 460 g/mol. The van der Waals surface area contributed by atoms with Crippen LogP contribution in [0.5, 0.6) is 0 Å². The second-order valence-corrected chi connectivity index (χ2v) is 10.0. The molecule has 0 atom stereocenters. The van der Waals surface area contributed by atoms with Crippen LogP contribution in [0.25, 0.3) is 17.2 Å². The lowest BCUT2D eigenvalue weighted by Crippen LogP contribution is -2.45. The molecule has 2 aromatic carbocycles. The Kier molecular flexibility index (Phi) is 10.8. The summed E-state index contributed by atoms with van der Waals surface area (Å²) in [5.41, 5.74) is 3.13. The van der Waals surface area contributed by atoms with Gasteiger partial charge in [-0.15, -0.1) is 0 Å². The van der Waals surface area contributed by atoms with E-state index in [1.165, 1.54) is 17.7 Å². The number of carboxylic acids is 1. The molecule has 7 heteroatoms. The normalized spacial score (nSPS) is 11.9. The van der Waals surface area contributed by atoms with Gasteiger partial charge in [-0.05, 0) is 68.9 Å². The fourth-order valence-corrected chi connectivity index (χ4v) is 6.22. The van der Waals surface area contributed by atoms with E-state index in [0.29, 0.717) is 19.8 Å². The van der Waals surface area contributed by atoms with Crippen molar-refractivity contribution in [1.29, 1.82) is 0 Å². The van der Waals surface area contributed by atoms with Crippen LogP contribution in [0.2, 0.25) is 6.04 Å². The molecule has 0 heterocycles. The topological polar surface area (TPSA) is 65.0 Å². The van der Waals surface area contributed by atoms with E-state index in [2.05, 4.69) is 12.1 Å². The highest BCUT2D eigenvalue weighted by molar-refractivity contribution is 6.60. The third-order valence-electron chi connectivity index (χ3n) is 4.98. The van der Waals surface area contributed by atoms with Gasteiger partial charge in [0.2, 0.25) is 0 Å². The van der Waals surface area contributed by atoms with E-state index in [1.807, 2.05) is 32.9 Å². The Hall–Kier alpha value is -2.32. The van der Waals surface area contributed by atoms with Gasteiger partial charge in [0.25, 0.3) is 0 Å². The van der Waals surface area contributed by atoms with Gasteiger partial charge < -0.3 is 18.4 Å². The molecular formula is C25H33FO5Si. The predicted octanol–water partition coefficient (Wildman–Crippen LogP) is 5.96. The SMILES string of the molecule is CCO[Si](CCCCc1ccc(-c2ccc(/C=C/C(=O)O)c(F)c2)cc1)(OCC)OCC. The lowest BCUT2D eigenvalue weighted by molar-refractivity contribution is -0.131. The van der Waals surface area contributed by atoms with Crippen LogP contribution in [0.4, 0.5) is 4.39 Å². The van der Waals surface area contributed by atoms with Gasteiger partial charge in [-0.3, -0.25) is 0 Å². The van der Waals surface area contributed by atoms with Crippen molar-refractivity contribution in [2.24, 2.45) is 0 Å². The molecule has 32 heavy (non-hydrogen) atoms. The molecule has 0 fully saturated rings. The molecule has 0 aliphatic heterocycles. The molecule has 0 amide bonds. The molecule has 2 aromatic rings. The van der Waals surface area contributed by atoms with Gasteiger partial charge in [-0.2, -0.15) is 0 Å². The first kappa shape index (κ1) is 25.9. The minimum atomic E-state index is -2.58. The summed E-state index contributed by atoms with van der Waals surface area (Å²) in [4.78, 5) is 10.6. The lowest BCUT2D eigenvalue weighted by atomic mass is 10.0. The number of carbonyl (C=O) groups is 1. The summed E-state index contributed by atoms with van der Waals surface area (Å²) in [6.07, 6.45) is 5.08. The molecule has 174 valence electrons. The maximum absolute atomic E-state index is 14.3. The molecule has 0 aliphatic carbocycles. The van der Waals surface area contributed by atoms with Gasteiger partial charge >= 0.3 is 14.8 Å². The predicted molar refractivity (Wildman–Crippen MR) is 127 cm³/mol. The molecule has 0 aliphatic rings. The van der Waals surface area contributed by atoms with E-state index in [0.717, 1.165) is 42.5 Å². The first-order chi connectivity index (χ1) is 15.4. The van der Waals surface area contributed by atoms with Gasteiger partial charge in [0.15, 0.2) is 0 Å². The zero-order valence-electron chi connectivity index (χ0n) is 19.1. The molecule has 5 nitrogen and oxygen atoms in total. The van der Waals surface area contributed by atoms with Crippen LogP contribution in [0.1, 0.15) is 44.7 Å². The van der Waals surface area contributed by atoms with Crippen molar-refractivity contribution in [3.05, 3.63) is 65.5 Å². The van der Waals surface area contributed by atoms with Gasteiger partial charge in [-0.1, -0.05) is 36.4 Å². The molecule has 0 unspecified atom stereocenters. The fraction of sp³-hybridized carbons (Fsp3) is 0.400. The minimum absolute atomic E-state index is 0.249. The number of unbranched alkanes of at least 4 members (excludes halogenated alkanes) is 1. The number of aliphatic carboxylic acids is 1. The summed E-state index contributed by atoms with van der Waals surface area (Å²) >= 11 is 0. The molecule has 0 saturated carbocycles. The smallest absolute Gasteiger partial charge is 0.478 e. The van der Waals surface area contributed by atoms with E-state index < -0.39 is 20.6 Å². The van der Waals surface area contributed by atoms with Crippen molar-refractivity contribution >= 4 is 20.8 Å². The number of aryl methyl sites for hydroxylation is 1. The van der Waals surface area contributed by atoms with Gasteiger partial charge in [0, 0.05) is 37.5 Å². The Morgan fingerprint density at radius 3 is 2.06 bits per heavy atom. The highest BCUT2D eigenvalue weighted by Crippen LogP contribution is 2.24. The third kappa shape index (κ3) is 7.98. The molecule has 0 saturated heterocycles. The second kappa shape index (κ2) is 13.3. The molecule has 1 N–H and O–H groups in total. The van der Waals surface area contributed by atoms with Crippen LogP contribution in [0, 0.1) is 5.82 Å². The average molecular weight is 461 g/mol. The van der Waals surface area contributed by atoms with Crippen molar-refractivity contribution in [3.63, 3.8) is 0 Å². The highest BCUT2D eigenvalue weighted by atomic mass is 28.4. The Bertz CT molecular complexity index is 865. The fourth-order valence-electron chi connectivity index (χ4n) is 3.54. The van der Waals surface area contributed by atoms with Gasteiger partial charge in [0.1, 0.15) is 5.82 Å². The third-order valence-corrected chi connectivity index (χ3v) is 8.14. The standard InChI is InChI=1S/C25H33FO5Si/c1-4-29-32(30-5-2,31-6-3)18-8-7-9-20-10-12-21(13-11-20)23-15-14-22(24(26)19-23)16-17-25(27)28/h10-17,19H,4-9,18H2,1-3H3,(H,27,28)/b17-16+. The summed E-state index contributed by atoms with van der Waals surface area (Å²) < 4.78 is 32.0. The maximum Gasteiger partial charge on any atom is 0.500 e. The Labute approximate surface area is 191 Å². The number of benzene rings is 2. The molecular weight excluding hydrogens is 427 g/mol. The number of halogens is 1. The Morgan fingerprint density at radius 1 is 0.938 bits per heavy atom. The molecule has 0 radical (unpaired) electrons. The second-order valence-electron chi connectivity index (χ2n) is 7.29. The molecule has 0 aromatic heterocycles. The number of hydrogen-bond donors (Lipinski definition) is 1. The van der Waals surface area contributed by atoms with Crippen LogP contribution >= 0.6 is 0 Å². The summed E-state index contributed by atoms with van der Waals surface area (Å²) in [7, 11) is -2.58. The van der Waals surface area contributed by atoms with Gasteiger partial charge in [-0.25, -0.2) is 9.18 Å². The molecule has 2 rings (SSSR count). The summed E-state index contributed by atoms with van der Waals surface area (Å²) in [5.74, 6) is -1.56. The summed E-state index contributed by atoms with van der Waals surface area (Å²) in [5, 5.41) is 8.69. The Morgan fingerprint density at radius 2 is 1.53 bits per heavy atom. The lowest BCUT2D eigenvalue weighted by Gasteiger charge is -2.28. The molecule has 0 spiro atoms. The Balaban J connectivity index is 1.94. The molecule has 0 bridgehead atoms. The van der Waals surface area contributed by atoms with E-state index in [1.54, 1.807) is 12.1 Å². The van der Waals surface area contributed by atoms with Crippen LogP contribution in [0.3, 0.4) is 0 Å². The van der Waals surface area contributed by atoms with Crippen LogP contribution < -0.4 is 0 Å². The zero-order valence-corrected chi connectivity index (χ0v) is 20.1. The van der Waals surface area contributed by atoms with Crippen molar-refractivity contribution in [1.82, 2.24) is 0 Å². The van der Waals surface area contributed by atoms with Crippen molar-refractivity contribution in [3.8, 4) is 11.1 Å². The van der Waals surface area contributed by atoms with E-state index in [4.69, 9.17) is 18.4 Å². The van der Waals surface area contributed by atoms with Crippen LogP contribution in [0.15, 0.2) is 48.5 Å². The van der Waals surface area contributed by atoms with Crippen LogP contribution in [-0.4, -0.2) is 39.7 Å². The quantitative estimate of drug-likeness (QED) is 0.214. The number of rotatable bonds is 14. The first-order valence-corrected chi connectivity index (χ1v) is 13.1. The average Bonchev–Trinajstić information content (AvgIpc) is 2.77. The summed E-state index contributed by atoms with van der Waals surface area (Å²) in [6.45, 7) is 7.66. The van der Waals surface area contributed by atoms with E-state index >= 15 is 0 Å². The van der Waals surface area contributed by atoms with E-state index in [-0.39, 0.29) is 5.56 Å². The maximum atomic E-state index is 14.3. The minimum Gasteiger partial charge on any atom is -0.478 e. The van der Waals surface area contributed by atoms with Crippen molar-refractivity contribution in [2.45, 2.75) is 46.1 Å². The number of hydrogen-bond acceptors (Lipinski definition) is 4. The van der Waals surface area contributed by atoms with E-state index in [9.17, 15) is 9.18 Å². The summed E-state index contributed by atoms with van der Waals surface area (Å²) in [6, 6.07) is 13.7. The van der Waals surface area contributed by atoms with Crippen molar-refractivity contribution < 1.29 is 27.6 Å².